The molecule has 0 saturated carbocycles. The minimum absolute atomic E-state index is 0.00550. The fourth-order valence-electron chi connectivity index (χ4n) is 2.95. The van der Waals surface area contributed by atoms with Gasteiger partial charge >= 0.3 is 0 Å². The number of nitrogens with one attached hydrogen (secondary N) is 1. The zero-order valence-corrected chi connectivity index (χ0v) is 18.5. The fourth-order valence-corrected chi connectivity index (χ4v) is 4.25. The molecule has 0 spiro atoms. The van der Waals surface area contributed by atoms with Gasteiger partial charge in [-0.25, -0.2) is 4.98 Å². The van der Waals surface area contributed by atoms with E-state index in [1.165, 1.54) is 0 Å². The molecule has 0 aliphatic heterocycles. The van der Waals surface area contributed by atoms with Gasteiger partial charge in [0.2, 0.25) is 5.91 Å². The van der Waals surface area contributed by atoms with E-state index in [-0.39, 0.29) is 12.5 Å². The van der Waals surface area contributed by atoms with Crippen LogP contribution in [0.4, 0.5) is 5.69 Å². The lowest BCUT2D eigenvalue weighted by molar-refractivity contribution is -0.121. The van der Waals surface area contributed by atoms with Crippen LogP contribution in [0.2, 0.25) is 0 Å². The zero-order valence-electron chi connectivity index (χ0n) is 15.3. The number of halogens is 2. The number of imidazole rings is 1. The molecule has 0 bridgehead atoms. The number of ether oxygens (including phenoxy) is 1. The van der Waals surface area contributed by atoms with Gasteiger partial charge in [0.25, 0.3) is 0 Å². The lowest BCUT2D eigenvalue weighted by atomic mass is 10.1. The Morgan fingerprint density at radius 3 is 2.69 bits per heavy atom. The summed E-state index contributed by atoms with van der Waals surface area (Å²) in [5, 5.41) is 2.88. The molecule has 1 amide bonds. The molecule has 7 heteroatoms. The van der Waals surface area contributed by atoms with Gasteiger partial charge in [-0.15, -0.1) is 0 Å². The van der Waals surface area contributed by atoms with E-state index >= 15 is 0 Å². The second-order valence-electron chi connectivity index (χ2n) is 6.47. The molecule has 0 radical (unpaired) electrons. The van der Waals surface area contributed by atoms with Crippen LogP contribution in [-0.2, 0) is 16.1 Å². The topological polar surface area (TPSA) is 55.6 Å². The highest BCUT2D eigenvalue weighted by Gasteiger charge is 2.10. The predicted molar refractivity (Wildman–Crippen MR) is 121 cm³/mol. The van der Waals surface area contributed by atoms with Crippen LogP contribution in [0.3, 0.4) is 0 Å². The molecule has 4 aromatic rings. The van der Waals surface area contributed by atoms with Crippen molar-refractivity contribution in [2.45, 2.75) is 6.61 Å². The molecule has 5 nitrogen and oxygen atoms in total. The predicted octanol–water partition coefficient (Wildman–Crippen LogP) is 5.68. The summed E-state index contributed by atoms with van der Waals surface area (Å²) in [5.41, 5.74) is 4.30. The normalized spacial score (nSPS) is 11.0. The molecular formula is C22H17Br2N3O2. The third-order valence-corrected chi connectivity index (χ3v) is 5.28. The summed E-state index contributed by atoms with van der Waals surface area (Å²) in [4.78, 5) is 16.9. The molecule has 4 rings (SSSR count). The van der Waals surface area contributed by atoms with Crippen molar-refractivity contribution in [3.05, 3.63) is 87.6 Å². The van der Waals surface area contributed by atoms with Crippen molar-refractivity contribution in [2.24, 2.45) is 0 Å². The van der Waals surface area contributed by atoms with Gasteiger partial charge < -0.3 is 14.5 Å². The Labute approximate surface area is 185 Å². The summed E-state index contributed by atoms with van der Waals surface area (Å²) in [6.07, 6.45) is 3.90. The highest BCUT2D eigenvalue weighted by molar-refractivity contribution is 9.11. The molecule has 146 valence electrons. The number of benzene rings is 2. The first-order chi connectivity index (χ1) is 14.1. The first-order valence-electron chi connectivity index (χ1n) is 8.94. The minimum atomic E-state index is -0.195. The number of fused-ring (bicyclic) bond motifs is 1. The zero-order chi connectivity index (χ0) is 20.2. The number of hydrogen-bond donors (Lipinski definition) is 1. The van der Waals surface area contributed by atoms with Crippen LogP contribution in [0.5, 0.6) is 0 Å². The summed E-state index contributed by atoms with van der Waals surface area (Å²) in [6, 6.07) is 19.3. The third-order valence-electron chi connectivity index (χ3n) is 4.26. The Kier molecular flexibility index (Phi) is 6.08. The molecule has 0 fully saturated rings. The van der Waals surface area contributed by atoms with Crippen molar-refractivity contribution in [2.75, 3.05) is 11.9 Å². The largest absolute Gasteiger partial charge is 0.367 e. The quantitative estimate of drug-likeness (QED) is 0.360. The number of hydrogen-bond acceptors (Lipinski definition) is 3. The van der Waals surface area contributed by atoms with Crippen molar-refractivity contribution in [1.29, 1.82) is 0 Å². The SMILES string of the molecule is O=C(COCc1ccccc1)Nc1cccc(-c2cn3cc(Br)cc(Br)c3n2)c1. The molecule has 1 N–H and O–H groups in total. The molecule has 29 heavy (non-hydrogen) atoms. The van der Waals surface area contributed by atoms with Crippen molar-refractivity contribution in [3.8, 4) is 11.3 Å². The number of carbonyl (C=O) groups excluding carboxylic acids is 1. The second kappa shape index (κ2) is 8.90. The van der Waals surface area contributed by atoms with Crippen molar-refractivity contribution in [3.63, 3.8) is 0 Å². The van der Waals surface area contributed by atoms with Gasteiger partial charge in [0.1, 0.15) is 6.61 Å². The maximum Gasteiger partial charge on any atom is 0.250 e. The average molecular weight is 515 g/mol. The van der Waals surface area contributed by atoms with Gasteiger partial charge in [0, 0.05) is 28.1 Å². The Balaban J connectivity index is 1.43. The van der Waals surface area contributed by atoms with Gasteiger partial charge in [0.15, 0.2) is 5.65 Å². The summed E-state index contributed by atoms with van der Waals surface area (Å²) < 4.78 is 9.30. The molecular weight excluding hydrogens is 498 g/mol. The highest BCUT2D eigenvalue weighted by Crippen LogP contribution is 2.27. The van der Waals surface area contributed by atoms with E-state index in [9.17, 15) is 4.79 Å². The Hall–Kier alpha value is -2.48. The van der Waals surface area contributed by atoms with Crippen LogP contribution < -0.4 is 5.32 Å². The molecule has 0 unspecified atom stereocenters. The molecule has 2 aromatic heterocycles. The summed E-state index contributed by atoms with van der Waals surface area (Å²) in [7, 11) is 0. The van der Waals surface area contributed by atoms with E-state index < -0.39 is 0 Å². The van der Waals surface area contributed by atoms with Gasteiger partial charge in [-0.3, -0.25) is 4.79 Å². The van der Waals surface area contributed by atoms with Crippen molar-refractivity contribution >= 4 is 49.1 Å². The summed E-state index contributed by atoms with van der Waals surface area (Å²) >= 11 is 7.02. The smallest absolute Gasteiger partial charge is 0.250 e. The van der Waals surface area contributed by atoms with Gasteiger partial charge in [-0.05, 0) is 55.6 Å². The lowest BCUT2D eigenvalue weighted by Crippen LogP contribution is -2.18. The van der Waals surface area contributed by atoms with Gasteiger partial charge in [-0.2, -0.15) is 0 Å². The van der Waals surface area contributed by atoms with Crippen LogP contribution in [0.1, 0.15) is 5.56 Å². The van der Waals surface area contributed by atoms with E-state index in [0.717, 1.165) is 31.4 Å². The van der Waals surface area contributed by atoms with E-state index in [1.807, 2.05) is 77.5 Å². The maximum atomic E-state index is 12.2. The number of aromatic nitrogens is 2. The van der Waals surface area contributed by atoms with Gasteiger partial charge in [-0.1, -0.05) is 42.5 Å². The molecule has 2 heterocycles. The maximum absolute atomic E-state index is 12.2. The minimum Gasteiger partial charge on any atom is -0.367 e. The Bertz CT molecular complexity index is 1160. The van der Waals surface area contributed by atoms with Crippen LogP contribution in [0, 0.1) is 0 Å². The highest BCUT2D eigenvalue weighted by atomic mass is 79.9. The number of nitrogens with zero attached hydrogens (tertiary/aromatic N) is 2. The number of carbonyl (C=O) groups is 1. The van der Waals surface area contributed by atoms with Crippen LogP contribution >= 0.6 is 31.9 Å². The third kappa shape index (κ3) is 4.93. The second-order valence-corrected chi connectivity index (χ2v) is 8.24. The first kappa shape index (κ1) is 19.8. The van der Waals surface area contributed by atoms with Crippen LogP contribution in [-0.4, -0.2) is 21.9 Å². The number of amides is 1. The first-order valence-corrected chi connectivity index (χ1v) is 10.5. The average Bonchev–Trinajstić information content (AvgIpc) is 3.13. The molecule has 0 aliphatic rings. The summed E-state index contributed by atoms with van der Waals surface area (Å²) in [5.74, 6) is -0.195. The molecule has 0 aliphatic carbocycles. The molecule has 2 aromatic carbocycles. The van der Waals surface area contributed by atoms with E-state index in [2.05, 4.69) is 42.2 Å². The lowest BCUT2D eigenvalue weighted by Gasteiger charge is -2.07. The number of rotatable bonds is 6. The van der Waals surface area contributed by atoms with E-state index in [1.54, 1.807) is 0 Å². The van der Waals surface area contributed by atoms with Crippen molar-refractivity contribution < 1.29 is 9.53 Å². The van der Waals surface area contributed by atoms with Crippen molar-refractivity contribution in [1.82, 2.24) is 9.38 Å². The molecule has 0 saturated heterocycles. The fraction of sp³-hybridized carbons (Fsp3) is 0.0909. The Morgan fingerprint density at radius 1 is 1.03 bits per heavy atom. The van der Waals surface area contributed by atoms with Gasteiger partial charge in [0.05, 0.1) is 16.8 Å². The standard InChI is InChI=1S/C22H17Br2N3O2/c23-17-10-19(24)22-26-20(12-27(22)11-17)16-7-4-8-18(9-16)25-21(28)14-29-13-15-5-2-1-3-6-15/h1-12H,13-14H2,(H,25,28). The van der Waals surface area contributed by atoms with E-state index in [4.69, 9.17) is 4.74 Å². The molecule has 0 atom stereocenters. The number of pyridine rings is 1. The monoisotopic (exact) mass is 513 g/mol. The van der Waals surface area contributed by atoms with Crippen LogP contribution in [0.15, 0.2) is 82.0 Å². The number of anilines is 1. The van der Waals surface area contributed by atoms with Crippen LogP contribution in [0.25, 0.3) is 16.9 Å². The Morgan fingerprint density at radius 2 is 1.86 bits per heavy atom. The van der Waals surface area contributed by atoms with E-state index in [0.29, 0.717) is 12.3 Å². The summed E-state index contributed by atoms with van der Waals surface area (Å²) in [6.45, 7) is 0.397.